The van der Waals surface area contributed by atoms with E-state index in [0.717, 1.165) is 48.1 Å². The zero-order valence-corrected chi connectivity index (χ0v) is 31.0. The van der Waals surface area contributed by atoms with Crippen LogP contribution in [0.15, 0.2) is 72.8 Å². The summed E-state index contributed by atoms with van der Waals surface area (Å²) in [6.07, 6.45) is 3.10. The zero-order chi connectivity index (χ0) is 32.5. The highest BCUT2D eigenvalue weighted by Gasteiger charge is 2.24. The fourth-order valence-electron chi connectivity index (χ4n) is 5.10. The van der Waals surface area contributed by atoms with Gasteiger partial charge in [0.1, 0.15) is 17.2 Å². The van der Waals surface area contributed by atoms with Crippen LogP contribution in [0.2, 0.25) is 26.2 Å². The molecule has 0 heterocycles. The zero-order valence-electron chi connectivity index (χ0n) is 28.7. The molecule has 0 aromatic heterocycles. The van der Waals surface area contributed by atoms with Crippen molar-refractivity contribution < 1.29 is 23.4 Å². The predicted octanol–water partition coefficient (Wildman–Crippen LogP) is 9.63. The summed E-state index contributed by atoms with van der Waals surface area (Å²) < 4.78 is 25.1. The average molecular weight is 637 g/mol. The first kappa shape index (κ1) is 35.9. The molecule has 3 unspecified atom stereocenters. The van der Waals surface area contributed by atoms with Gasteiger partial charge in [-0.2, -0.15) is 0 Å². The second-order valence-electron chi connectivity index (χ2n) is 14.8. The summed E-state index contributed by atoms with van der Waals surface area (Å²) in [6.45, 7) is 22.1. The topological polar surface area (TPSA) is 57.2 Å². The second kappa shape index (κ2) is 16.1. The van der Waals surface area contributed by atoms with Crippen molar-refractivity contribution >= 4 is 18.1 Å². The van der Waals surface area contributed by atoms with Crippen LogP contribution in [0.3, 0.4) is 0 Å². The van der Waals surface area contributed by atoms with E-state index in [9.17, 15) is 5.11 Å². The fourth-order valence-corrected chi connectivity index (χ4v) is 6.70. The number of aromatic hydroxyl groups is 1. The highest BCUT2D eigenvalue weighted by atomic mass is 28.3. The number of rotatable bonds is 15. The largest absolute Gasteiger partial charge is 0.507 e. The van der Waals surface area contributed by atoms with E-state index in [1.54, 1.807) is 6.07 Å². The molecule has 7 heteroatoms. The second-order valence-corrected chi connectivity index (χ2v) is 19.5. The number of phenolic OH excluding ortho intramolecular Hbond substituents is 1. The molecule has 0 bridgehead atoms. The molecular formula is C37H56O5Si2. The Labute approximate surface area is 270 Å². The lowest BCUT2D eigenvalue weighted by atomic mass is 9.84. The molecule has 242 valence electrons. The summed E-state index contributed by atoms with van der Waals surface area (Å²) in [5, 5.41) is 11.4. The molecule has 3 atom stereocenters. The molecule has 3 aromatic carbocycles. The summed E-state index contributed by atoms with van der Waals surface area (Å²) in [7, 11) is -2.58. The van der Waals surface area contributed by atoms with Crippen LogP contribution in [0.25, 0.3) is 0 Å². The van der Waals surface area contributed by atoms with Crippen molar-refractivity contribution in [1.82, 2.24) is 0 Å². The number of ether oxygens (including phenoxy) is 2. The van der Waals surface area contributed by atoms with Crippen molar-refractivity contribution in [1.29, 1.82) is 0 Å². The lowest BCUT2D eigenvalue weighted by Crippen LogP contribution is -2.27. The quantitative estimate of drug-likeness (QED) is 0.102. The fraction of sp³-hybridized carbons (Fsp3) is 0.514. The van der Waals surface area contributed by atoms with Gasteiger partial charge >= 0.3 is 0 Å². The maximum atomic E-state index is 11.4. The molecule has 3 aromatic rings. The van der Waals surface area contributed by atoms with Gasteiger partial charge in [-0.15, -0.1) is 0 Å². The SMILES string of the molecule is C[SiH](C)OC(CCC(C)(C)C)Oc1ccc(C(c2ccccc2)c2ccc(OC(CCC(C)(C)C)O[SiH](C)C)cc2O)cc1. The third kappa shape index (κ3) is 12.4. The van der Waals surface area contributed by atoms with Crippen molar-refractivity contribution in [3.63, 3.8) is 0 Å². The molecular weight excluding hydrogens is 581 g/mol. The number of benzene rings is 3. The van der Waals surface area contributed by atoms with Crippen molar-refractivity contribution in [3.8, 4) is 17.2 Å². The first-order valence-electron chi connectivity index (χ1n) is 16.2. The summed E-state index contributed by atoms with van der Waals surface area (Å²) in [6, 6.07) is 24.2. The van der Waals surface area contributed by atoms with Crippen LogP contribution in [0.4, 0.5) is 0 Å². The van der Waals surface area contributed by atoms with Gasteiger partial charge in [-0.3, -0.25) is 0 Å². The van der Waals surface area contributed by atoms with Gasteiger partial charge in [-0.1, -0.05) is 90.1 Å². The van der Waals surface area contributed by atoms with E-state index in [1.165, 1.54) is 0 Å². The lowest BCUT2D eigenvalue weighted by molar-refractivity contribution is -0.0100. The molecule has 5 nitrogen and oxygen atoms in total. The molecule has 3 rings (SSSR count). The van der Waals surface area contributed by atoms with Gasteiger partial charge < -0.3 is 23.4 Å². The van der Waals surface area contributed by atoms with Gasteiger partial charge in [-0.05, 0) is 79.2 Å². The van der Waals surface area contributed by atoms with Crippen LogP contribution in [-0.2, 0) is 8.85 Å². The molecule has 0 aliphatic heterocycles. The molecule has 44 heavy (non-hydrogen) atoms. The molecule has 0 fully saturated rings. The molecule has 0 aliphatic rings. The van der Waals surface area contributed by atoms with Gasteiger partial charge in [-0.25, -0.2) is 0 Å². The highest BCUT2D eigenvalue weighted by molar-refractivity contribution is 6.48. The van der Waals surface area contributed by atoms with Crippen molar-refractivity contribution in [2.24, 2.45) is 10.8 Å². The first-order chi connectivity index (χ1) is 20.6. The van der Waals surface area contributed by atoms with Gasteiger partial charge in [0, 0.05) is 30.4 Å². The molecule has 0 aliphatic carbocycles. The average Bonchev–Trinajstić information content (AvgIpc) is 2.92. The van der Waals surface area contributed by atoms with E-state index in [2.05, 4.69) is 92.0 Å². The maximum absolute atomic E-state index is 11.4. The summed E-state index contributed by atoms with van der Waals surface area (Å²) >= 11 is 0. The first-order valence-corrected chi connectivity index (χ1v) is 21.8. The number of hydrogen-bond acceptors (Lipinski definition) is 5. The third-order valence-corrected chi connectivity index (χ3v) is 9.00. The summed E-state index contributed by atoms with van der Waals surface area (Å²) in [5.74, 6) is 1.44. The Balaban J connectivity index is 1.86. The Morgan fingerprint density at radius 2 is 1.07 bits per heavy atom. The molecule has 0 saturated carbocycles. The van der Waals surface area contributed by atoms with E-state index in [1.807, 2.05) is 42.5 Å². The number of phenols is 1. The Hall–Kier alpha value is -2.59. The minimum absolute atomic E-state index is 0.161. The van der Waals surface area contributed by atoms with E-state index in [0.29, 0.717) is 5.75 Å². The normalized spacial score (nSPS) is 14.5. The van der Waals surface area contributed by atoms with Crippen LogP contribution in [0.1, 0.15) is 89.8 Å². The van der Waals surface area contributed by atoms with Crippen LogP contribution in [0, 0.1) is 10.8 Å². The lowest BCUT2D eigenvalue weighted by Gasteiger charge is -2.27. The molecule has 1 N–H and O–H groups in total. The van der Waals surface area contributed by atoms with Crippen LogP contribution in [0.5, 0.6) is 17.2 Å². The van der Waals surface area contributed by atoms with Gasteiger partial charge in [0.25, 0.3) is 0 Å². The van der Waals surface area contributed by atoms with Gasteiger partial charge in [0.15, 0.2) is 30.7 Å². The van der Waals surface area contributed by atoms with Gasteiger partial charge in [0.2, 0.25) is 0 Å². The minimum Gasteiger partial charge on any atom is -0.507 e. The van der Waals surface area contributed by atoms with E-state index < -0.39 is 18.1 Å². The van der Waals surface area contributed by atoms with Crippen LogP contribution < -0.4 is 9.47 Å². The van der Waals surface area contributed by atoms with Crippen LogP contribution >= 0.6 is 0 Å². The van der Waals surface area contributed by atoms with Crippen molar-refractivity contribution in [2.75, 3.05) is 0 Å². The van der Waals surface area contributed by atoms with Gasteiger partial charge in [0.05, 0.1) is 0 Å². The van der Waals surface area contributed by atoms with Crippen molar-refractivity contribution in [3.05, 3.63) is 89.5 Å². The maximum Gasteiger partial charge on any atom is 0.190 e. The predicted molar refractivity (Wildman–Crippen MR) is 188 cm³/mol. The number of hydrogen-bond donors (Lipinski definition) is 1. The Morgan fingerprint density at radius 1 is 0.614 bits per heavy atom. The Kier molecular flexibility index (Phi) is 13.1. The molecule has 0 radical (unpaired) electrons. The molecule has 0 saturated heterocycles. The Bertz CT molecular complexity index is 1260. The van der Waals surface area contributed by atoms with Crippen molar-refractivity contribution in [2.45, 2.75) is 112 Å². The van der Waals surface area contributed by atoms with E-state index in [4.69, 9.17) is 18.3 Å². The highest BCUT2D eigenvalue weighted by Crippen LogP contribution is 2.39. The summed E-state index contributed by atoms with van der Waals surface area (Å²) in [4.78, 5) is 0. The summed E-state index contributed by atoms with van der Waals surface area (Å²) in [5.41, 5.74) is 3.39. The monoisotopic (exact) mass is 636 g/mol. The standard InChI is InChI=1S/C37H56O5Si2/c1-36(2,3)24-22-33(41-43(7)8)39-29-18-16-28(17-19-29)35(27-14-12-11-13-15-27)31-21-20-30(26-32(31)38)40-34(42-44(9)10)23-25-37(4,5)6/h11-21,26,33-35,38,43-44H,22-25H2,1-10H3. The van der Waals surface area contributed by atoms with E-state index >= 15 is 0 Å². The molecule has 0 spiro atoms. The molecule has 0 amide bonds. The minimum atomic E-state index is -1.31. The smallest absolute Gasteiger partial charge is 0.190 e. The third-order valence-electron chi connectivity index (χ3n) is 7.30. The van der Waals surface area contributed by atoms with Crippen LogP contribution in [-0.4, -0.2) is 35.8 Å². The van der Waals surface area contributed by atoms with E-state index in [-0.39, 0.29) is 35.1 Å². The Morgan fingerprint density at radius 3 is 1.52 bits per heavy atom.